The van der Waals surface area contributed by atoms with Gasteiger partial charge in [-0.1, -0.05) is 0 Å². The van der Waals surface area contributed by atoms with Gasteiger partial charge in [0.05, 0.1) is 11.4 Å². The standard InChI is InChI=1S/C7H10N3O/c1-10(11)5-2-3-6(8)7(9)4-5/h2-4H,8-9H2,1H3/q-1. The second-order valence-electron chi connectivity index (χ2n) is 2.31. The molecule has 4 heteroatoms. The number of benzene rings is 1. The van der Waals surface area contributed by atoms with Gasteiger partial charge in [0.15, 0.2) is 0 Å². The van der Waals surface area contributed by atoms with Crippen molar-refractivity contribution in [3.05, 3.63) is 23.4 Å². The van der Waals surface area contributed by atoms with Crippen LogP contribution in [-0.2, 0) is 0 Å². The minimum absolute atomic E-state index is 0.435. The van der Waals surface area contributed by atoms with Crippen LogP contribution in [0.1, 0.15) is 0 Å². The molecule has 1 aromatic rings. The zero-order valence-corrected chi connectivity index (χ0v) is 6.24. The Bertz CT molecular complexity index is 260. The van der Waals surface area contributed by atoms with Gasteiger partial charge in [-0.25, -0.2) is 0 Å². The largest absolute Gasteiger partial charge is 0.758 e. The molecule has 1 aromatic carbocycles. The minimum Gasteiger partial charge on any atom is -0.758 e. The molecule has 11 heavy (non-hydrogen) atoms. The van der Waals surface area contributed by atoms with Crippen LogP contribution in [0, 0.1) is 5.21 Å². The Labute approximate surface area is 65.0 Å². The highest BCUT2D eigenvalue weighted by Crippen LogP contribution is 2.21. The Hall–Kier alpha value is -1.42. The van der Waals surface area contributed by atoms with Crippen LogP contribution >= 0.6 is 0 Å². The number of hydrogen-bond donors (Lipinski definition) is 2. The lowest BCUT2D eigenvalue weighted by Crippen LogP contribution is -2.06. The lowest BCUT2D eigenvalue weighted by molar-refractivity contribution is 1.22. The molecule has 0 fully saturated rings. The second kappa shape index (κ2) is 2.67. The van der Waals surface area contributed by atoms with Gasteiger partial charge in [-0.3, -0.25) is 0 Å². The normalized spacial score (nSPS) is 9.64. The van der Waals surface area contributed by atoms with Crippen LogP contribution in [0.5, 0.6) is 0 Å². The van der Waals surface area contributed by atoms with E-state index in [9.17, 15) is 5.21 Å². The van der Waals surface area contributed by atoms with E-state index in [1.807, 2.05) is 0 Å². The first-order valence-electron chi connectivity index (χ1n) is 3.17. The molecule has 0 saturated carbocycles. The van der Waals surface area contributed by atoms with E-state index >= 15 is 0 Å². The predicted octanol–water partition coefficient (Wildman–Crippen LogP) is 0.785. The Morgan fingerprint density at radius 3 is 2.36 bits per heavy atom. The number of hydroxylamine groups is 1. The number of anilines is 3. The van der Waals surface area contributed by atoms with Crippen molar-refractivity contribution in [2.75, 3.05) is 23.6 Å². The summed E-state index contributed by atoms with van der Waals surface area (Å²) < 4.78 is 0. The summed E-state index contributed by atoms with van der Waals surface area (Å²) in [6.45, 7) is 0. The average molecular weight is 152 g/mol. The van der Waals surface area contributed by atoms with Crippen LogP contribution in [0.4, 0.5) is 17.1 Å². The lowest BCUT2D eigenvalue weighted by atomic mass is 10.2. The molecule has 4 nitrogen and oxygen atoms in total. The number of nitrogens with two attached hydrogens (primary N) is 2. The zero-order valence-electron chi connectivity index (χ0n) is 6.24. The highest BCUT2D eigenvalue weighted by molar-refractivity contribution is 5.69. The van der Waals surface area contributed by atoms with Crippen molar-refractivity contribution in [2.45, 2.75) is 0 Å². The molecule has 0 bridgehead atoms. The van der Waals surface area contributed by atoms with Crippen molar-refractivity contribution in [1.29, 1.82) is 0 Å². The third-order valence-electron chi connectivity index (χ3n) is 1.43. The maximum atomic E-state index is 10.7. The topological polar surface area (TPSA) is 78.3 Å². The summed E-state index contributed by atoms with van der Waals surface area (Å²) in [4.78, 5) is 0. The molecule has 0 heterocycles. The summed E-state index contributed by atoms with van der Waals surface area (Å²) in [6, 6.07) is 4.78. The van der Waals surface area contributed by atoms with Crippen LogP contribution in [0.2, 0.25) is 0 Å². The second-order valence-corrected chi connectivity index (χ2v) is 2.31. The van der Waals surface area contributed by atoms with E-state index in [1.54, 1.807) is 18.2 Å². The Kier molecular flexibility index (Phi) is 1.87. The van der Waals surface area contributed by atoms with Gasteiger partial charge >= 0.3 is 0 Å². The molecule has 0 aliphatic rings. The maximum Gasteiger partial charge on any atom is 0.0568 e. The van der Waals surface area contributed by atoms with Crippen LogP contribution in [0.3, 0.4) is 0 Å². The van der Waals surface area contributed by atoms with Gasteiger partial charge in [-0.05, 0) is 25.2 Å². The first kappa shape index (κ1) is 7.68. The fourth-order valence-electron chi connectivity index (χ4n) is 0.758. The lowest BCUT2D eigenvalue weighted by Gasteiger charge is -2.25. The van der Waals surface area contributed by atoms with Gasteiger partial charge in [-0.2, -0.15) is 0 Å². The molecule has 0 aliphatic heterocycles. The Morgan fingerprint density at radius 2 is 1.91 bits per heavy atom. The molecular weight excluding hydrogens is 142 g/mol. The zero-order chi connectivity index (χ0) is 8.43. The van der Waals surface area contributed by atoms with E-state index in [-0.39, 0.29) is 0 Å². The molecular formula is C7H10N3O-. The highest BCUT2D eigenvalue weighted by Gasteiger charge is 1.94. The molecule has 0 radical (unpaired) electrons. The highest BCUT2D eigenvalue weighted by atomic mass is 16.5. The summed E-state index contributed by atoms with van der Waals surface area (Å²) in [6.07, 6.45) is 0. The average Bonchev–Trinajstić information content (AvgIpc) is 1.94. The summed E-state index contributed by atoms with van der Waals surface area (Å²) in [5.41, 5.74) is 12.4. The van der Waals surface area contributed by atoms with Crippen molar-refractivity contribution in [3.8, 4) is 0 Å². The number of hydrogen-bond acceptors (Lipinski definition) is 4. The van der Waals surface area contributed by atoms with E-state index in [2.05, 4.69) is 0 Å². The summed E-state index contributed by atoms with van der Waals surface area (Å²) in [5.74, 6) is 0. The van der Waals surface area contributed by atoms with Crippen LogP contribution < -0.4 is 16.5 Å². The van der Waals surface area contributed by atoms with Crippen molar-refractivity contribution in [3.63, 3.8) is 0 Å². The molecule has 0 aliphatic carbocycles. The molecule has 0 saturated heterocycles. The number of rotatable bonds is 1. The molecule has 60 valence electrons. The molecule has 4 N–H and O–H groups in total. The number of nitrogen functional groups attached to an aromatic ring is 2. The van der Waals surface area contributed by atoms with E-state index < -0.39 is 0 Å². The van der Waals surface area contributed by atoms with Crippen LogP contribution in [0.25, 0.3) is 0 Å². The van der Waals surface area contributed by atoms with Crippen LogP contribution in [-0.4, -0.2) is 7.05 Å². The summed E-state index contributed by atoms with van der Waals surface area (Å²) in [7, 11) is 1.41. The Balaban J connectivity index is 3.05. The molecule has 0 amide bonds. The molecule has 0 atom stereocenters. The Morgan fingerprint density at radius 1 is 1.27 bits per heavy atom. The third kappa shape index (κ3) is 1.53. The molecule has 0 spiro atoms. The van der Waals surface area contributed by atoms with Gasteiger partial charge in [0.25, 0.3) is 0 Å². The van der Waals surface area contributed by atoms with Crippen molar-refractivity contribution in [2.24, 2.45) is 0 Å². The fourth-order valence-corrected chi connectivity index (χ4v) is 0.758. The molecule has 1 rings (SSSR count). The molecule has 0 unspecified atom stereocenters. The minimum atomic E-state index is 0.435. The summed E-state index contributed by atoms with van der Waals surface area (Å²) in [5, 5.41) is 11.5. The predicted molar refractivity (Wildman–Crippen MR) is 47.0 cm³/mol. The first-order valence-corrected chi connectivity index (χ1v) is 3.17. The smallest absolute Gasteiger partial charge is 0.0568 e. The molecule has 0 aromatic heterocycles. The van der Waals surface area contributed by atoms with E-state index in [0.717, 1.165) is 5.06 Å². The van der Waals surface area contributed by atoms with Gasteiger partial charge in [0, 0.05) is 5.69 Å². The van der Waals surface area contributed by atoms with E-state index in [0.29, 0.717) is 17.1 Å². The maximum absolute atomic E-state index is 10.7. The quantitative estimate of drug-likeness (QED) is 0.460. The van der Waals surface area contributed by atoms with Gasteiger partial charge in [-0.15, -0.1) is 0 Å². The fraction of sp³-hybridized carbons (Fsp3) is 0.143. The third-order valence-corrected chi connectivity index (χ3v) is 1.43. The summed E-state index contributed by atoms with van der Waals surface area (Å²) >= 11 is 0. The van der Waals surface area contributed by atoms with Gasteiger partial charge in [0.1, 0.15) is 0 Å². The number of nitrogens with zero attached hydrogens (tertiary/aromatic N) is 1. The first-order chi connectivity index (χ1) is 5.11. The van der Waals surface area contributed by atoms with E-state index in [1.165, 1.54) is 7.05 Å². The van der Waals surface area contributed by atoms with Crippen molar-refractivity contribution >= 4 is 17.1 Å². The van der Waals surface area contributed by atoms with Crippen LogP contribution in [0.15, 0.2) is 18.2 Å². The van der Waals surface area contributed by atoms with Gasteiger partial charge in [0.2, 0.25) is 0 Å². The van der Waals surface area contributed by atoms with E-state index in [4.69, 9.17) is 11.5 Å². The van der Waals surface area contributed by atoms with Gasteiger partial charge < -0.3 is 21.7 Å². The van der Waals surface area contributed by atoms with Crippen molar-refractivity contribution < 1.29 is 0 Å². The van der Waals surface area contributed by atoms with Crippen molar-refractivity contribution in [1.82, 2.24) is 0 Å². The monoisotopic (exact) mass is 152 g/mol. The SMILES string of the molecule is CN([O-])c1ccc(N)c(N)c1.